The van der Waals surface area contributed by atoms with Crippen molar-refractivity contribution in [3.05, 3.63) is 82.9 Å². The summed E-state index contributed by atoms with van der Waals surface area (Å²) in [4.78, 5) is 20.4. The molecular weight excluding hydrogens is 479 g/mol. The Kier molecular flexibility index (Phi) is 6.91. The van der Waals surface area contributed by atoms with Gasteiger partial charge in [0.1, 0.15) is 11.6 Å². The number of carbonyl (C=O) groups excluding carboxylic acids is 1. The number of aromatic nitrogens is 2. The lowest BCUT2D eigenvalue weighted by molar-refractivity contribution is 0.0943. The number of halogens is 3. The van der Waals surface area contributed by atoms with Gasteiger partial charge >= 0.3 is 0 Å². The van der Waals surface area contributed by atoms with Crippen molar-refractivity contribution in [1.82, 2.24) is 15.3 Å². The first-order valence-corrected chi connectivity index (χ1v) is 12.4. The van der Waals surface area contributed by atoms with Gasteiger partial charge in [-0.25, -0.2) is 13.2 Å². The Bertz CT molecular complexity index is 1460. The normalized spacial score (nSPS) is 17.6. The lowest BCUT2D eigenvalue weighted by atomic mass is 9.78. The third-order valence-corrected chi connectivity index (χ3v) is 7.27. The average molecular weight is 508 g/mol. The Balaban J connectivity index is 1.26. The maximum absolute atomic E-state index is 14.9. The molecule has 0 aliphatic heterocycles. The molecule has 0 radical (unpaired) electrons. The standard InChI is InChI=1S/C29H28F3N3O2/c1-16-11-24(28(35-16)23-13-20(31)14-26(37-2)27(23)32)29(36)34-15-17-3-5-18(6-4-17)21-9-10-33-25-8-7-19(30)12-22(21)25/h7-14,17-18,35H,3-6,15H2,1-2H3,(H,34,36). The van der Waals surface area contributed by atoms with E-state index in [1.165, 1.54) is 13.2 Å². The van der Waals surface area contributed by atoms with Gasteiger partial charge in [-0.1, -0.05) is 0 Å². The van der Waals surface area contributed by atoms with Gasteiger partial charge in [-0.15, -0.1) is 0 Å². The molecule has 0 atom stereocenters. The highest BCUT2D eigenvalue weighted by Crippen LogP contribution is 2.38. The van der Waals surface area contributed by atoms with Crippen LogP contribution in [0.1, 0.15) is 53.2 Å². The van der Waals surface area contributed by atoms with Gasteiger partial charge in [-0.2, -0.15) is 0 Å². The summed E-state index contributed by atoms with van der Waals surface area (Å²) in [6, 6.07) is 10.3. The van der Waals surface area contributed by atoms with Gasteiger partial charge in [0.25, 0.3) is 5.91 Å². The Morgan fingerprint density at radius 1 is 1.05 bits per heavy atom. The van der Waals surface area contributed by atoms with Crippen LogP contribution in [-0.4, -0.2) is 29.5 Å². The van der Waals surface area contributed by atoms with Crippen LogP contribution in [0.5, 0.6) is 5.75 Å². The number of nitrogens with one attached hydrogen (secondary N) is 2. The lowest BCUT2D eigenvalue weighted by Crippen LogP contribution is -2.31. The monoisotopic (exact) mass is 507 g/mol. The zero-order valence-corrected chi connectivity index (χ0v) is 20.7. The van der Waals surface area contributed by atoms with Gasteiger partial charge in [-0.3, -0.25) is 9.78 Å². The van der Waals surface area contributed by atoms with E-state index in [4.69, 9.17) is 4.74 Å². The van der Waals surface area contributed by atoms with Gasteiger partial charge in [0.05, 0.1) is 23.9 Å². The fraction of sp³-hybridized carbons (Fsp3) is 0.310. The number of benzene rings is 2. The third kappa shape index (κ3) is 5.05. The molecule has 2 heterocycles. The zero-order valence-electron chi connectivity index (χ0n) is 20.7. The van der Waals surface area contributed by atoms with E-state index in [1.807, 2.05) is 6.07 Å². The molecule has 5 nitrogen and oxygen atoms in total. The topological polar surface area (TPSA) is 67.0 Å². The lowest BCUT2D eigenvalue weighted by Gasteiger charge is -2.29. The summed E-state index contributed by atoms with van der Waals surface area (Å²) in [5, 5.41) is 3.84. The number of nitrogens with zero attached hydrogens (tertiary/aromatic N) is 1. The van der Waals surface area contributed by atoms with Crippen molar-refractivity contribution >= 4 is 16.8 Å². The van der Waals surface area contributed by atoms with Crippen LogP contribution in [0.3, 0.4) is 0 Å². The number of H-pyrrole nitrogens is 1. The molecule has 2 aromatic heterocycles. The predicted octanol–water partition coefficient (Wildman–Crippen LogP) is 6.67. The quantitative estimate of drug-likeness (QED) is 0.306. The van der Waals surface area contributed by atoms with Gasteiger partial charge in [0, 0.05) is 35.5 Å². The molecule has 5 rings (SSSR count). The number of carbonyl (C=O) groups is 1. The summed E-state index contributed by atoms with van der Waals surface area (Å²) >= 11 is 0. The first kappa shape index (κ1) is 24.9. The van der Waals surface area contributed by atoms with Crippen LogP contribution in [0.4, 0.5) is 13.2 Å². The fourth-order valence-corrected chi connectivity index (χ4v) is 5.38. The van der Waals surface area contributed by atoms with Gasteiger partial charge in [-0.05, 0) is 86.4 Å². The molecule has 1 amide bonds. The SMILES string of the molecule is COc1cc(F)cc(-c2[nH]c(C)cc2C(=O)NCC2CCC(c3ccnc4ccc(F)cc34)CC2)c1F. The average Bonchev–Trinajstić information content (AvgIpc) is 3.29. The summed E-state index contributed by atoms with van der Waals surface area (Å²) in [7, 11) is 1.26. The summed E-state index contributed by atoms with van der Waals surface area (Å²) in [6.45, 7) is 2.24. The number of amides is 1. The van der Waals surface area contributed by atoms with E-state index in [1.54, 1.807) is 31.3 Å². The second-order valence-corrected chi connectivity index (χ2v) is 9.70. The maximum Gasteiger partial charge on any atom is 0.253 e. The third-order valence-electron chi connectivity index (χ3n) is 7.27. The molecule has 0 saturated heterocycles. The highest BCUT2D eigenvalue weighted by Gasteiger charge is 2.26. The number of fused-ring (bicyclic) bond motifs is 1. The first-order chi connectivity index (χ1) is 17.8. The summed E-state index contributed by atoms with van der Waals surface area (Å²) in [6.07, 6.45) is 5.46. The van der Waals surface area contributed by atoms with Crippen LogP contribution in [0.2, 0.25) is 0 Å². The largest absolute Gasteiger partial charge is 0.494 e. The van der Waals surface area contributed by atoms with Crippen molar-refractivity contribution in [2.45, 2.75) is 38.5 Å². The van der Waals surface area contributed by atoms with Gasteiger partial charge in [0.15, 0.2) is 11.6 Å². The first-order valence-electron chi connectivity index (χ1n) is 12.4. The van der Waals surface area contributed by atoms with Crippen LogP contribution >= 0.6 is 0 Å². The number of pyridine rings is 1. The molecule has 37 heavy (non-hydrogen) atoms. The van der Waals surface area contributed by atoms with Crippen molar-refractivity contribution in [3.8, 4) is 17.0 Å². The Labute approximate surface area is 213 Å². The van der Waals surface area contributed by atoms with Crippen molar-refractivity contribution in [1.29, 1.82) is 0 Å². The number of ether oxygens (including phenoxy) is 1. The molecule has 4 aromatic rings. The number of aryl methyl sites for hydroxylation is 1. The molecule has 0 bridgehead atoms. The molecule has 0 unspecified atom stereocenters. The molecular formula is C29H28F3N3O2. The smallest absolute Gasteiger partial charge is 0.253 e. The van der Waals surface area contributed by atoms with E-state index in [0.717, 1.165) is 54.3 Å². The van der Waals surface area contributed by atoms with Crippen molar-refractivity contribution in [3.63, 3.8) is 0 Å². The number of aromatic amines is 1. The van der Waals surface area contributed by atoms with Gasteiger partial charge < -0.3 is 15.0 Å². The van der Waals surface area contributed by atoms with Crippen LogP contribution in [0, 0.1) is 30.3 Å². The zero-order chi connectivity index (χ0) is 26.1. The molecule has 1 fully saturated rings. The predicted molar refractivity (Wildman–Crippen MR) is 136 cm³/mol. The van der Waals surface area contributed by atoms with E-state index in [9.17, 15) is 18.0 Å². The van der Waals surface area contributed by atoms with Crippen molar-refractivity contribution in [2.24, 2.45) is 5.92 Å². The highest BCUT2D eigenvalue weighted by atomic mass is 19.1. The van der Waals surface area contributed by atoms with E-state index in [2.05, 4.69) is 15.3 Å². The van der Waals surface area contributed by atoms with E-state index < -0.39 is 11.6 Å². The van der Waals surface area contributed by atoms with Crippen LogP contribution in [0.15, 0.2) is 48.7 Å². The molecule has 1 aliphatic rings. The molecule has 2 N–H and O–H groups in total. The summed E-state index contributed by atoms with van der Waals surface area (Å²) in [5.41, 5.74) is 2.97. The number of methoxy groups -OCH3 is 1. The number of rotatable bonds is 6. The molecule has 1 aliphatic carbocycles. The highest BCUT2D eigenvalue weighted by molar-refractivity contribution is 6.00. The van der Waals surface area contributed by atoms with E-state index in [-0.39, 0.29) is 34.3 Å². The molecule has 2 aromatic carbocycles. The second-order valence-electron chi connectivity index (χ2n) is 9.70. The minimum Gasteiger partial charge on any atom is -0.494 e. The number of hydrogen-bond acceptors (Lipinski definition) is 3. The van der Waals surface area contributed by atoms with E-state index in [0.29, 0.717) is 24.1 Å². The van der Waals surface area contributed by atoms with Crippen molar-refractivity contribution in [2.75, 3.05) is 13.7 Å². The maximum atomic E-state index is 14.9. The Morgan fingerprint density at radius 2 is 1.84 bits per heavy atom. The van der Waals surface area contributed by atoms with Crippen LogP contribution in [0.25, 0.3) is 22.2 Å². The van der Waals surface area contributed by atoms with Gasteiger partial charge in [0.2, 0.25) is 0 Å². The Morgan fingerprint density at radius 3 is 2.59 bits per heavy atom. The molecule has 0 spiro atoms. The second kappa shape index (κ2) is 10.3. The number of hydrogen-bond donors (Lipinski definition) is 2. The fourth-order valence-electron chi connectivity index (χ4n) is 5.38. The van der Waals surface area contributed by atoms with E-state index >= 15 is 0 Å². The van der Waals surface area contributed by atoms with Crippen LogP contribution in [-0.2, 0) is 0 Å². The minimum absolute atomic E-state index is 0.0587. The molecule has 1 saturated carbocycles. The van der Waals surface area contributed by atoms with Crippen LogP contribution < -0.4 is 10.1 Å². The molecule has 192 valence electrons. The minimum atomic E-state index is -0.735. The summed E-state index contributed by atoms with van der Waals surface area (Å²) < 4.78 is 47.8. The summed E-state index contributed by atoms with van der Waals surface area (Å²) in [5.74, 6) is -1.64. The van der Waals surface area contributed by atoms with Crippen molar-refractivity contribution < 1.29 is 22.7 Å². The Hall–Kier alpha value is -3.81. The molecule has 8 heteroatoms.